The molecule has 0 amide bonds. The van der Waals surface area contributed by atoms with Gasteiger partial charge in [-0.25, -0.2) is 0 Å². The van der Waals surface area contributed by atoms with Crippen molar-refractivity contribution in [2.75, 3.05) is 0 Å². The summed E-state index contributed by atoms with van der Waals surface area (Å²) in [5.74, 6) is 0. The predicted octanol–water partition coefficient (Wildman–Crippen LogP) is 5.81. The Bertz CT molecular complexity index is 576. The largest absolute Gasteiger partial charge is 0.152 e. The van der Waals surface area contributed by atoms with Gasteiger partial charge in [-0.1, -0.05) is 0 Å². The molecule has 0 unspecified atom stereocenters. The van der Waals surface area contributed by atoms with Crippen molar-refractivity contribution in [2.24, 2.45) is 0 Å². The summed E-state index contributed by atoms with van der Waals surface area (Å²) in [6.07, 6.45) is 0. The van der Waals surface area contributed by atoms with Crippen molar-refractivity contribution < 1.29 is 0 Å². The van der Waals surface area contributed by atoms with Crippen LogP contribution in [-0.2, 0) is 0 Å². The van der Waals surface area contributed by atoms with Crippen molar-refractivity contribution in [1.29, 1.82) is 0 Å². The minimum Gasteiger partial charge on any atom is -0.152 e. The molecule has 0 radical (unpaired) electrons. The van der Waals surface area contributed by atoms with Crippen LogP contribution in [-0.4, -0.2) is 0 Å². The molecule has 3 heterocycles. The van der Waals surface area contributed by atoms with Gasteiger partial charge in [0.05, 0.1) is 0 Å². The second-order valence-corrected chi connectivity index (χ2v) is 7.09. The van der Waals surface area contributed by atoms with E-state index in [9.17, 15) is 0 Å². The Labute approximate surface area is 120 Å². The van der Waals surface area contributed by atoms with E-state index in [1.54, 1.807) is 22.7 Å². The third-order valence-electron chi connectivity index (χ3n) is 2.28. The van der Waals surface area contributed by atoms with Crippen molar-refractivity contribution in [3.63, 3.8) is 0 Å². The lowest BCUT2D eigenvalue weighted by atomic mass is 10.2. The van der Waals surface area contributed by atoms with Gasteiger partial charge in [-0.2, -0.15) is 22.7 Å². The van der Waals surface area contributed by atoms with Crippen molar-refractivity contribution in [1.82, 2.24) is 0 Å². The van der Waals surface area contributed by atoms with Gasteiger partial charge in [0.1, 0.15) is 0 Å². The maximum Gasteiger partial charge on any atom is 0.0491 e. The standard InChI is InChI=1S/C12H7IS3/c13-10-5-11(8-1-3-14-6-8)16-12(10)9-2-4-15-7-9/h1-7H. The van der Waals surface area contributed by atoms with Gasteiger partial charge in [0.25, 0.3) is 0 Å². The molecule has 0 spiro atoms. The summed E-state index contributed by atoms with van der Waals surface area (Å²) >= 11 is 7.81. The Morgan fingerprint density at radius 3 is 2.25 bits per heavy atom. The molecule has 0 aromatic carbocycles. The summed E-state index contributed by atoms with van der Waals surface area (Å²) < 4.78 is 1.35. The molecule has 0 nitrogen and oxygen atoms in total. The number of hydrogen-bond donors (Lipinski definition) is 0. The molecule has 0 aliphatic heterocycles. The summed E-state index contributed by atoms with van der Waals surface area (Å²) in [7, 11) is 0. The molecule has 0 N–H and O–H groups in total. The minimum atomic E-state index is 1.34. The van der Waals surface area contributed by atoms with E-state index >= 15 is 0 Å². The van der Waals surface area contributed by atoms with E-state index in [2.05, 4.69) is 62.3 Å². The van der Waals surface area contributed by atoms with E-state index in [0.29, 0.717) is 0 Å². The fourth-order valence-corrected chi connectivity index (χ4v) is 5.17. The van der Waals surface area contributed by atoms with Gasteiger partial charge in [-0.05, 0) is 62.3 Å². The lowest BCUT2D eigenvalue weighted by molar-refractivity contribution is 1.79. The normalized spacial score (nSPS) is 10.8. The van der Waals surface area contributed by atoms with Crippen molar-refractivity contribution in [3.8, 4) is 20.9 Å². The minimum absolute atomic E-state index is 1.34. The van der Waals surface area contributed by atoms with Crippen LogP contribution in [0.1, 0.15) is 0 Å². The molecule has 3 aromatic heterocycles. The average molecular weight is 374 g/mol. The molecule has 0 bridgehead atoms. The first kappa shape index (κ1) is 11.0. The van der Waals surface area contributed by atoms with Gasteiger partial charge >= 0.3 is 0 Å². The fourth-order valence-electron chi connectivity index (χ4n) is 1.51. The van der Waals surface area contributed by atoms with Crippen molar-refractivity contribution >= 4 is 56.6 Å². The monoisotopic (exact) mass is 374 g/mol. The van der Waals surface area contributed by atoms with Crippen LogP contribution in [0.4, 0.5) is 0 Å². The quantitative estimate of drug-likeness (QED) is 0.497. The smallest absolute Gasteiger partial charge is 0.0491 e. The lowest BCUT2D eigenvalue weighted by Gasteiger charge is -1.91. The Balaban J connectivity index is 2.09. The summed E-state index contributed by atoms with van der Waals surface area (Å²) in [6.45, 7) is 0. The van der Waals surface area contributed by atoms with Gasteiger partial charge in [0, 0.05) is 24.5 Å². The summed E-state index contributed by atoms with van der Waals surface area (Å²) in [6, 6.07) is 6.65. The Morgan fingerprint density at radius 2 is 1.62 bits per heavy atom. The van der Waals surface area contributed by atoms with Crippen molar-refractivity contribution in [2.45, 2.75) is 0 Å². The molecule has 0 fully saturated rings. The maximum absolute atomic E-state index is 2.43. The third-order valence-corrected chi connectivity index (χ3v) is 6.09. The van der Waals surface area contributed by atoms with E-state index in [-0.39, 0.29) is 0 Å². The molecule has 0 saturated heterocycles. The molecule has 0 saturated carbocycles. The molecule has 0 atom stereocenters. The highest BCUT2D eigenvalue weighted by Crippen LogP contribution is 2.39. The zero-order valence-corrected chi connectivity index (χ0v) is 12.8. The predicted molar refractivity (Wildman–Crippen MR) is 83.7 cm³/mol. The average Bonchev–Trinajstić information content (AvgIpc) is 2.97. The molecular weight excluding hydrogens is 367 g/mol. The summed E-state index contributed by atoms with van der Waals surface area (Å²) in [5.41, 5.74) is 2.69. The highest BCUT2D eigenvalue weighted by Gasteiger charge is 2.10. The van der Waals surface area contributed by atoms with Crippen LogP contribution < -0.4 is 0 Å². The molecular formula is C12H7IS3. The van der Waals surface area contributed by atoms with Crippen molar-refractivity contribution in [3.05, 3.63) is 43.3 Å². The first-order valence-electron chi connectivity index (χ1n) is 4.69. The Kier molecular flexibility index (Phi) is 3.15. The van der Waals surface area contributed by atoms with E-state index in [1.807, 2.05) is 11.3 Å². The molecule has 4 heteroatoms. The van der Waals surface area contributed by atoms with Gasteiger partial charge in [0.15, 0.2) is 0 Å². The fraction of sp³-hybridized carbons (Fsp3) is 0. The Hall–Kier alpha value is -0.170. The number of thiophene rings is 3. The summed E-state index contributed by atoms with van der Waals surface area (Å²) in [5, 5.41) is 8.69. The first-order valence-corrected chi connectivity index (χ1v) is 8.47. The highest BCUT2D eigenvalue weighted by molar-refractivity contribution is 14.1. The van der Waals surface area contributed by atoms with E-state index in [4.69, 9.17) is 0 Å². The van der Waals surface area contributed by atoms with E-state index in [0.717, 1.165) is 0 Å². The van der Waals surface area contributed by atoms with Crippen LogP contribution >= 0.6 is 56.6 Å². The van der Waals surface area contributed by atoms with Crippen LogP contribution in [0.15, 0.2) is 39.7 Å². The maximum atomic E-state index is 2.43. The summed E-state index contributed by atoms with van der Waals surface area (Å²) in [4.78, 5) is 2.76. The van der Waals surface area contributed by atoms with E-state index < -0.39 is 0 Å². The molecule has 3 rings (SSSR count). The van der Waals surface area contributed by atoms with Crippen LogP contribution in [0.25, 0.3) is 20.9 Å². The van der Waals surface area contributed by atoms with Crippen LogP contribution in [0.5, 0.6) is 0 Å². The molecule has 3 aromatic rings. The van der Waals surface area contributed by atoms with E-state index in [1.165, 1.54) is 24.5 Å². The molecule has 0 aliphatic rings. The second kappa shape index (κ2) is 4.60. The SMILES string of the molecule is Ic1cc(-c2ccsc2)sc1-c1ccsc1. The first-order chi connectivity index (χ1) is 7.84. The number of rotatable bonds is 2. The Morgan fingerprint density at radius 1 is 0.938 bits per heavy atom. The zero-order chi connectivity index (χ0) is 11.0. The topological polar surface area (TPSA) is 0 Å². The number of hydrogen-bond acceptors (Lipinski definition) is 3. The highest BCUT2D eigenvalue weighted by atomic mass is 127. The van der Waals surface area contributed by atoms with Gasteiger partial charge in [-0.3, -0.25) is 0 Å². The number of halogens is 1. The molecule has 16 heavy (non-hydrogen) atoms. The van der Waals surface area contributed by atoms with Crippen LogP contribution in [0, 0.1) is 3.57 Å². The van der Waals surface area contributed by atoms with Gasteiger partial charge < -0.3 is 0 Å². The molecule has 80 valence electrons. The zero-order valence-electron chi connectivity index (χ0n) is 8.14. The van der Waals surface area contributed by atoms with Gasteiger partial charge in [-0.15, -0.1) is 11.3 Å². The van der Waals surface area contributed by atoms with Crippen LogP contribution in [0.2, 0.25) is 0 Å². The van der Waals surface area contributed by atoms with Gasteiger partial charge in [0.2, 0.25) is 0 Å². The third kappa shape index (κ3) is 1.99. The lowest BCUT2D eigenvalue weighted by Crippen LogP contribution is -1.67. The second-order valence-electron chi connectivity index (χ2n) is 3.31. The van der Waals surface area contributed by atoms with Crippen LogP contribution in [0.3, 0.4) is 0 Å². The molecule has 0 aliphatic carbocycles.